The van der Waals surface area contributed by atoms with Crippen molar-refractivity contribution in [3.05, 3.63) is 65.7 Å². The Bertz CT molecular complexity index is 695. The summed E-state index contributed by atoms with van der Waals surface area (Å²) in [5, 5.41) is 0. The van der Waals surface area contributed by atoms with Crippen molar-refractivity contribution in [3.63, 3.8) is 0 Å². The van der Waals surface area contributed by atoms with E-state index in [1.54, 1.807) is 7.11 Å². The lowest BCUT2D eigenvalue weighted by Gasteiger charge is -2.31. The smallest absolute Gasteiger partial charge is 0.226 e. The molecular formula is C20H21NO2. The summed E-state index contributed by atoms with van der Waals surface area (Å²) in [6, 6.07) is 18.9. The van der Waals surface area contributed by atoms with Crippen LogP contribution in [0.2, 0.25) is 0 Å². The minimum absolute atomic E-state index is 0.167. The van der Waals surface area contributed by atoms with E-state index in [0.717, 1.165) is 18.6 Å². The van der Waals surface area contributed by atoms with Crippen LogP contribution in [-0.4, -0.2) is 24.0 Å². The fraction of sp³-hybridized carbons (Fsp3) is 0.350. The number of piperidine rings is 1. The molecule has 0 unspecified atom stereocenters. The minimum Gasteiger partial charge on any atom is -0.497 e. The quantitative estimate of drug-likeness (QED) is 0.864. The van der Waals surface area contributed by atoms with Crippen molar-refractivity contribution < 1.29 is 9.53 Å². The van der Waals surface area contributed by atoms with Gasteiger partial charge in [-0.2, -0.15) is 0 Å². The highest BCUT2D eigenvalue weighted by Crippen LogP contribution is 2.48. The summed E-state index contributed by atoms with van der Waals surface area (Å²) in [7, 11) is 1.67. The van der Waals surface area contributed by atoms with Crippen molar-refractivity contribution in [3.8, 4) is 5.75 Å². The van der Waals surface area contributed by atoms with Crippen molar-refractivity contribution in [1.29, 1.82) is 0 Å². The molecule has 4 rings (SSSR count). The molecule has 1 heterocycles. The van der Waals surface area contributed by atoms with Crippen LogP contribution < -0.4 is 4.74 Å². The number of amides is 1. The third-order valence-electron chi connectivity index (χ3n) is 5.32. The van der Waals surface area contributed by atoms with Crippen LogP contribution in [-0.2, 0) is 11.3 Å². The summed E-state index contributed by atoms with van der Waals surface area (Å²) in [5.74, 6) is 1.75. The molecule has 0 spiro atoms. The number of likely N-dealkylation sites (tertiary alicyclic amines) is 1. The molecule has 2 bridgehead atoms. The van der Waals surface area contributed by atoms with Gasteiger partial charge in [-0.25, -0.2) is 0 Å². The lowest BCUT2D eigenvalue weighted by atomic mass is 9.87. The summed E-state index contributed by atoms with van der Waals surface area (Å²) >= 11 is 0. The van der Waals surface area contributed by atoms with E-state index in [2.05, 4.69) is 29.2 Å². The molecule has 0 aromatic heterocycles. The maximum Gasteiger partial charge on any atom is 0.226 e. The van der Waals surface area contributed by atoms with Crippen LogP contribution in [0.4, 0.5) is 0 Å². The number of hydrogen-bond acceptors (Lipinski definition) is 2. The van der Waals surface area contributed by atoms with Gasteiger partial charge in [0, 0.05) is 18.5 Å². The zero-order valence-electron chi connectivity index (χ0n) is 13.3. The van der Waals surface area contributed by atoms with Gasteiger partial charge in [-0.05, 0) is 42.0 Å². The second-order valence-corrected chi connectivity index (χ2v) is 6.56. The standard InChI is InChI=1S/C20H21NO2/c1-23-17-9-7-14(8-10-17)13-21-16-11-18(19(12-16)20(21)22)15-5-3-2-4-6-15/h2-10,16,18-19H,11-13H2,1H3/t16-,18-,19-/m1/s1. The minimum atomic E-state index is 0.167. The molecule has 2 aromatic rings. The number of rotatable bonds is 4. The predicted molar refractivity (Wildman–Crippen MR) is 89.2 cm³/mol. The normalized spacial score (nSPS) is 25.9. The Morgan fingerprint density at radius 3 is 2.35 bits per heavy atom. The van der Waals surface area contributed by atoms with Gasteiger partial charge in [0.1, 0.15) is 5.75 Å². The van der Waals surface area contributed by atoms with E-state index in [1.165, 1.54) is 11.1 Å². The van der Waals surface area contributed by atoms with Gasteiger partial charge < -0.3 is 9.64 Å². The summed E-state index contributed by atoms with van der Waals surface area (Å²) in [5.41, 5.74) is 2.49. The van der Waals surface area contributed by atoms with E-state index in [-0.39, 0.29) is 5.92 Å². The van der Waals surface area contributed by atoms with E-state index in [9.17, 15) is 4.79 Å². The molecule has 0 radical (unpaired) electrons. The number of carbonyl (C=O) groups is 1. The predicted octanol–water partition coefficient (Wildman–Crippen LogP) is 3.60. The first kappa shape index (κ1) is 14.3. The fourth-order valence-corrected chi connectivity index (χ4v) is 4.13. The molecule has 1 saturated heterocycles. The Hall–Kier alpha value is -2.29. The number of nitrogens with zero attached hydrogens (tertiary/aromatic N) is 1. The number of fused-ring (bicyclic) bond motifs is 2. The van der Waals surface area contributed by atoms with Gasteiger partial charge in [0.05, 0.1) is 7.11 Å². The van der Waals surface area contributed by atoms with Crippen molar-refractivity contribution >= 4 is 5.91 Å². The average Bonchev–Trinajstić information content (AvgIpc) is 3.16. The van der Waals surface area contributed by atoms with Crippen LogP contribution in [0.15, 0.2) is 54.6 Å². The van der Waals surface area contributed by atoms with Crippen LogP contribution in [0.25, 0.3) is 0 Å². The number of ether oxygens (including phenoxy) is 1. The first-order valence-electron chi connectivity index (χ1n) is 8.24. The second-order valence-electron chi connectivity index (χ2n) is 6.56. The van der Waals surface area contributed by atoms with Crippen molar-refractivity contribution in [2.75, 3.05) is 7.11 Å². The van der Waals surface area contributed by atoms with Crippen molar-refractivity contribution in [2.45, 2.75) is 31.3 Å². The van der Waals surface area contributed by atoms with Gasteiger partial charge in [-0.1, -0.05) is 42.5 Å². The van der Waals surface area contributed by atoms with E-state index >= 15 is 0 Å². The SMILES string of the molecule is COc1ccc(CN2C(=O)[C@@H]3C[C@H]2C[C@@H]3c2ccccc2)cc1. The molecule has 1 aliphatic carbocycles. The number of carbonyl (C=O) groups excluding carboxylic acids is 1. The molecule has 3 nitrogen and oxygen atoms in total. The van der Waals surface area contributed by atoms with Gasteiger partial charge >= 0.3 is 0 Å². The second kappa shape index (κ2) is 5.73. The summed E-state index contributed by atoms with van der Waals surface area (Å²) in [4.78, 5) is 14.9. The van der Waals surface area contributed by atoms with Gasteiger partial charge in [0.25, 0.3) is 0 Å². The third-order valence-corrected chi connectivity index (χ3v) is 5.32. The highest BCUT2D eigenvalue weighted by atomic mass is 16.5. The Morgan fingerprint density at radius 1 is 1.00 bits per heavy atom. The van der Waals surface area contributed by atoms with Crippen LogP contribution in [0.1, 0.15) is 29.9 Å². The maximum absolute atomic E-state index is 12.8. The van der Waals surface area contributed by atoms with E-state index in [0.29, 0.717) is 24.4 Å². The highest BCUT2D eigenvalue weighted by molar-refractivity contribution is 5.84. The summed E-state index contributed by atoms with van der Waals surface area (Å²) < 4.78 is 5.19. The molecule has 1 saturated carbocycles. The van der Waals surface area contributed by atoms with Crippen molar-refractivity contribution in [1.82, 2.24) is 4.90 Å². The lowest BCUT2D eigenvalue weighted by Crippen LogP contribution is -2.39. The summed E-state index contributed by atoms with van der Waals surface area (Å²) in [6.45, 7) is 0.714. The number of hydrogen-bond donors (Lipinski definition) is 0. The largest absolute Gasteiger partial charge is 0.497 e. The maximum atomic E-state index is 12.8. The zero-order valence-corrected chi connectivity index (χ0v) is 13.3. The van der Waals surface area contributed by atoms with Crippen LogP contribution in [0.3, 0.4) is 0 Å². The molecule has 2 aliphatic rings. The van der Waals surface area contributed by atoms with Gasteiger partial charge in [-0.15, -0.1) is 0 Å². The molecule has 2 aromatic carbocycles. The lowest BCUT2D eigenvalue weighted by molar-refractivity contribution is -0.135. The first-order chi connectivity index (χ1) is 11.3. The van der Waals surface area contributed by atoms with E-state index < -0.39 is 0 Å². The Balaban J connectivity index is 1.48. The first-order valence-corrected chi connectivity index (χ1v) is 8.24. The molecule has 118 valence electrons. The molecule has 0 N–H and O–H groups in total. The monoisotopic (exact) mass is 307 g/mol. The molecule has 1 amide bonds. The molecule has 1 aliphatic heterocycles. The van der Waals surface area contributed by atoms with Crippen LogP contribution in [0.5, 0.6) is 5.75 Å². The van der Waals surface area contributed by atoms with Gasteiger partial charge in [0.15, 0.2) is 0 Å². The molecular weight excluding hydrogens is 286 g/mol. The highest BCUT2D eigenvalue weighted by Gasteiger charge is 2.50. The van der Waals surface area contributed by atoms with E-state index in [1.807, 2.05) is 30.3 Å². The molecule has 2 fully saturated rings. The summed E-state index contributed by atoms with van der Waals surface area (Å²) in [6.07, 6.45) is 2.10. The Kier molecular flexibility index (Phi) is 3.56. The zero-order chi connectivity index (χ0) is 15.8. The van der Waals surface area contributed by atoms with Gasteiger partial charge in [0.2, 0.25) is 5.91 Å². The van der Waals surface area contributed by atoms with Crippen LogP contribution in [0, 0.1) is 5.92 Å². The fourth-order valence-electron chi connectivity index (χ4n) is 4.13. The number of benzene rings is 2. The van der Waals surface area contributed by atoms with Crippen molar-refractivity contribution in [2.24, 2.45) is 5.92 Å². The molecule has 3 heteroatoms. The third kappa shape index (κ3) is 2.50. The topological polar surface area (TPSA) is 29.5 Å². The Labute approximate surface area is 136 Å². The Morgan fingerprint density at radius 2 is 1.70 bits per heavy atom. The molecule has 3 atom stereocenters. The van der Waals surface area contributed by atoms with Gasteiger partial charge in [-0.3, -0.25) is 4.79 Å². The van der Waals surface area contributed by atoms with Crippen LogP contribution >= 0.6 is 0 Å². The molecule has 23 heavy (non-hydrogen) atoms. The number of methoxy groups -OCH3 is 1. The average molecular weight is 307 g/mol. The van der Waals surface area contributed by atoms with E-state index in [4.69, 9.17) is 4.74 Å².